The summed E-state index contributed by atoms with van der Waals surface area (Å²) < 4.78 is 32.8. The van der Waals surface area contributed by atoms with Crippen LogP contribution in [0.15, 0.2) is 48.5 Å². The monoisotopic (exact) mass is 416 g/mol. The molecule has 0 bridgehead atoms. The summed E-state index contributed by atoms with van der Waals surface area (Å²) in [5.41, 5.74) is 1.54. The van der Waals surface area contributed by atoms with Crippen LogP contribution >= 0.6 is 0 Å². The van der Waals surface area contributed by atoms with Gasteiger partial charge in [0.25, 0.3) is 0 Å². The van der Waals surface area contributed by atoms with E-state index in [4.69, 9.17) is 4.74 Å². The number of nitrogens with zero attached hydrogens (tertiary/aromatic N) is 2. The molecular formula is C24H30F2N2O2. The molecule has 0 aromatic heterocycles. The molecule has 1 N–H and O–H groups in total. The van der Waals surface area contributed by atoms with E-state index in [9.17, 15) is 13.9 Å². The number of β-amino-alcohol motifs (C(OH)–C–C–N with tert-alkyl or cyclic N) is 1. The maximum absolute atomic E-state index is 13.4. The number of fused-ring (bicyclic) bond motifs is 1. The molecule has 0 spiro atoms. The van der Waals surface area contributed by atoms with Gasteiger partial charge in [-0.25, -0.2) is 8.78 Å². The summed E-state index contributed by atoms with van der Waals surface area (Å²) in [6, 6.07) is 12.8. The summed E-state index contributed by atoms with van der Waals surface area (Å²) in [5.74, 6) is -0.641. The summed E-state index contributed by atoms with van der Waals surface area (Å²) in [5, 5.41) is 10.7. The van der Waals surface area contributed by atoms with E-state index < -0.39 is 12.2 Å². The second kappa shape index (κ2) is 9.96. The third kappa shape index (κ3) is 5.43. The van der Waals surface area contributed by atoms with Gasteiger partial charge in [0.2, 0.25) is 0 Å². The van der Waals surface area contributed by atoms with Crippen molar-refractivity contribution >= 4 is 0 Å². The Morgan fingerprint density at radius 3 is 2.13 bits per heavy atom. The van der Waals surface area contributed by atoms with Gasteiger partial charge >= 0.3 is 0 Å². The summed E-state index contributed by atoms with van der Waals surface area (Å²) in [6.45, 7) is 5.06. The van der Waals surface area contributed by atoms with Crippen LogP contribution in [0, 0.1) is 11.6 Å². The Morgan fingerprint density at radius 2 is 1.50 bits per heavy atom. The predicted octanol–water partition coefficient (Wildman–Crippen LogP) is 3.60. The molecule has 30 heavy (non-hydrogen) atoms. The molecule has 4 nitrogen and oxygen atoms in total. The zero-order chi connectivity index (χ0) is 20.9. The van der Waals surface area contributed by atoms with E-state index in [1.807, 2.05) is 0 Å². The number of aliphatic hydroxyl groups excluding tert-OH is 1. The lowest BCUT2D eigenvalue weighted by atomic mass is 10.0. The van der Waals surface area contributed by atoms with Crippen molar-refractivity contribution in [2.45, 2.75) is 37.5 Å². The standard InChI is InChI=1S/C24H30F2N2O2/c25-20-8-4-18(5-9-20)24(19-6-10-21(26)11-7-19)30-17-23(29)16-27-12-2-14-28-13-1-3-22(28)15-27/h4-11,22-24,29H,1-3,12-17H2. The molecule has 0 saturated carbocycles. The summed E-state index contributed by atoms with van der Waals surface area (Å²) in [4.78, 5) is 4.91. The van der Waals surface area contributed by atoms with Crippen molar-refractivity contribution in [3.05, 3.63) is 71.3 Å². The highest BCUT2D eigenvalue weighted by Gasteiger charge is 2.29. The van der Waals surface area contributed by atoms with Crippen molar-refractivity contribution in [2.24, 2.45) is 0 Å². The van der Waals surface area contributed by atoms with E-state index >= 15 is 0 Å². The van der Waals surface area contributed by atoms with Gasteiger partial charge < -0.3 is 9.84 Å². The maximum Gasteiger partial charge on any atom is 0.123 e. The topological polar surface area (TPSA) is 35.9 Å². The highest BCUT2D eigenvalue weighted by atomic mass is 19.1. The third-order valence-electron chi connectivity index (χ3n) is 6.16. The van der Waals surface area contributed by atoms with E-state index in [1.54, 1.807) is 24.3 Å². The minimum Gasteiger partial charge on any atom is -0.389 e. The minimum atomic E-state index is -0.624. The Kier molecular flexibility index (Phi) is 7.10. The van der Waals surface area contributed by atoms with E-state index in [-0.39, 0.29) is 18.2 Å². The Labute approximate surface area is 177 Å². The first kappa shape index (κ1) is 21.4. The SMILES string of the molecule is OC(COC(c1ccc(F)cc1)c1ccc(F)cc1)CN1CCCN2CCCC2C1. The average molecular weight is 417 g/mol. The van der Waals surface area contributed by atoms with Gasteiger partial charge in [-0.15, -0.1) is 0 Å². The van der Waals surface area contributed by atoms with Gasteiger partial charge in [-0.1, -0.05) is 24.3 Å². The molecule has 162 valence electrons. The van der Waals surface area contributed by atoms with Crippen molar-refractivity contribution < 1.29 is 18.6 Å². The molecule has 4 rings (SSSR count). The van der Waals surface area contributed by atoms with Crippen molar-refractivity contribution in [1.82, 2.24) is 9.80 Å². The van der Waals surface area contributed by atoms with E-state index in [0.29, 0.717) is 12.6 Å². The van der Waals surface area contributed by atoms with Gasteiger partial charge in [-0.05, 0) is 74.3 Å². The molecule has 2 unspecified atom stereocenters. The number of hydrogen-bond donors (Lipinski definition) is 1. The Balaban J connectivity index is 1.39. The first-order valence-electron chi connectivity index (χ1n) is 10.9. The van der Waals surface area contributed by atoms with Gasteiger partial charge in [0.1, 0.15) is 17.7 Å². The van der Waals surface area contributed by atoms with Crippen LogP contribution in [0.25, 0.3) is 0 Å². The first-order valence-corrected chi connectivity index (χ1v) is 10.9. The van der Waals surface area contributed by atoms with Gasteiger partial charge in [-0.2, -0.15) is 0 Å². The second-order valence-electron chi connectivity index (χ2n) is 8.42. The first-order chi connectivity index (χ1) is 14.6. The van der Waals surface area contributed by atoms with Crippen LogP contribution in [0.5, 0.6) is 0 Å². The lowest BCUT2D eigenvalue weighted by Crippen LogP contribution is -2.41. The molecule has 0 amide bonds. The lowest BCUT2D eigenvalue weighted by molar-refractivity contribution is -0.00898. The molecule has 2 aliphatic heterocycles. The highest BCUT2D eigenvalue weighted by molar-refractivity contribution is 5.30. The zero-order valence-electron chi connectivity index (χ0n) is 17.2. The summed E-state index contributed by atoms with van der Waals surface area (Å²) >= 11 is 0. The minimum absolute atomic E-state index is 0.157. The van der Waals surface area contributed by atoms with E-state index in [1.165, 1.54) is 43.7 Å². The molecule has 2 aromatic rings. The fourth-order valence-electron chi connectivity index (χ4n) is 4.67. The molecule has 0 radical (unpaired) electrons. The molecule has 6 heteroatoms. The van der Waals surface area contributed by atoms with Gasteiger partial charge in [0.05, 0.1) is 12.7 Å². The highest BCUT2D eigenvalue weighted by Crippen LogP contribution is 2.27. The molecule has 2 fully saturated rings. The number of halogens is 2. The van der Waals surface area contributed by atoms with E-state index in [0.717, 1.165) is 37.2 Å². The van der Waals surface area contributed by atoms with E-state index in [2.05, 4.69) is 9.80 Å². The smallest absolute Gasteiger partial charge is 0.123 e. The summed E-state index contributed by atoms with van der Waals surface area (Å²) in [7, 11) is 0. The molecule has 2 aliphatic rings. The van der Waals surface area contributed by atoms with Crippen LogP contribution in [0.3, 0.4) is 0 Å². The van der Waals surface area contributed by atoms with Crippen LogP contribution in [0.2, 0.25) is 0 Å². The molecule has 2 saturated heterocycles. The number of rotatable bonds is 7. The summed E-state index contributed by atoms with van der Waals surface area (Å²) in [6.07, 6.45) is 2.51. The van der Waals surface area contributed by atoms with Crippen LogP contribution in [0.4, 0.5) is 8.78 Å². The van der Waals surface area contributed by atoms with Crippen molar-refractivity contribution in [1.29, 1.82) is 0 Å². The number of ether oxygens (including phenoxy) is 1. The fraction of sp³-hybridized carbons (Fsp3) is 0.500. The second-order valence-corrected chi connectivity index (χ2v) is 8.42. The number of aliphatic hydroxyl groups is 1. The normalized spacial score (nSPS) is 21.5. The van der Waals surface area contributed by atoms with Crippen molar-refractivity contribution in [3.63, 3.8) is 0 Å². The van der Waals surface area contributed by atoms with Gasteiger partial charge in [-0.3, -0.25) is 9.80 Å². The largest absolute Gasteiger partial charge is 0.389 e. The van der Waals surface area contributed by atoms with Crippen LogP contribution in [0.1, 0.15) is 36.5 Å². The maximum atomic E-state index is 13.4. The van der Waals surface area contributed by atoms with Crippen molar-refractivity contribution in [2.75, 3.05) is 39.3 Å². The zero-order valence-corrected chi connectivity index (χ0v) is 17.2. The molecule has 2 aromatic carbocycles. The fourth-order valence-corrected chi connectivity index (χ4v) is 4.67. The third-order valence-corrected chi connectivity index (χ3v) is 6.16. The molecule has 0 aliphatic carbocycles. The average Bonchev–Trinajstić information content (AvgIpc) is 3.09. The van der Waals surface area contributed by atoms with Gasteiger partial charge in [0.15, 0.2) is 0 Å². The van der Waals surface area contributed by atoms with Crippen LogP contribution < -0.4 is 0 Å². The molecule has 2 atom stereocenters. The van der Waals surface area contributed by atoms with Crippen LogP contribution in [-0.4, -0.2) is 66.4 Å². The lowest BCUT2D eigenvalue weighted by Gasteiger charge is -2.28. The molecule has 2 heterocycles. The Hall–Kier alpha value is -1.86. The van der Waals surface area contributed by atoms with Crippen LogP contribution in [-0.2, 0) is 4.74 Å². The Bertz CT molecular complexity index is 754. The predicted molar refractivity (Wildman–Crippen MR) is 112 cm³/mol. The molecular weight excluding hydrogens is 386 g/mol. The van der Waals surface area contributed by atoms with Crippen molar-refractivity contribution in [3.8, 4) is 0 Å². The quantitative estimate of drug-likeness (QED) is 0.748. The number of hydrogen-bond acceptors (Lipinski definition) is 4. The van der Waals surface area contributed by atoms with Gasteiger partial charge in [0, 0.05) is 19.1 Å². The Morgan fingerprint density at radius 1 is 0.900 bits per heavy atom. The number of benzene rings is 2.